The van der Waals surface area contributed by atoms with Crippen LogP contribution in [0.15, 0.2) is 12.3 Å². The number of nitrogens with one attached hydrogen (secondary N) is 2. The molecular weight excluding hydrogens is 222 g/mol. The van der Waals surface area contributed by atoms with Gasteiger partial charge in [-0.3, -0.25) is 10.1 Å². The molecule has 0 radical (unpaired) electrons. The summed E-state index contributed by atoms with van der Waals surface area (Å²) in [7, 11) is 0. The van der Waals surface area contributed by atoms with E-state index in [1.165, 1.54) is 12.3 Å². The van der Waals surface area contributed by atoms with Crippen molar-refractivity contribution in [3.05, 3.63) is 27.9 Å². The number of aromatic nitrogens is 1. The van der Waals surface area contributed by atoms with Crippen molar-refractivity contribution in [1.29, 1.82) is 5.26 Å². The molecule has 1 atom stereocenters. The summed E-state index contributed by atoms with van der Waals surface area (Å²) in [5, 5.41) is 25.7. The van der Waals surface area contributed by atoms with Gasteiger partial charge in [0, 0.05) is 24.8 Å². The summed E-state index contributed by atoms with van der Waals surface area (Å²) in [6.07, 6.45) is 2.23. The van der Waals surface area contributed by atoms with E-state index in [0.29, 0.717) is 0 Å². The van der Waals surface area contributed by atoms with Crippen LogP contribution in [-0.4, -0.2) is 29.0 Å². The molecule has 0 amide bonds. The average molecular weight is 233 g/mol. The maximum Gasteiger partial charge on any atom is 0.312 e. The van der Waals surface area contributed by atoms with Gasteiger partial charge in [-0.2, -0.15) is 5.26 Å². The lowest BCUT2D eigenvalue weighted by Gasteiger charge is -2.11. The van der Waals surface area contributed by atoms with Gasteiger partial charge in [0.05, 0.1) is 10.5 Å². The van der Waals surface area contributed by atoms with Crippen molar-refractivity contribution in [2.24, 2.45) is 0 Å². The maximum atomic E-state index is 10.9. The van der Waals surface area contributed by atoms with Gasteiger partial charge in [0.25, 0.3) is 0 Å². The molecule has 2 N–H and O–H groups in total. The second kappa shape index (κ2) is 4.76. The van der Waals surface area contributed by atoms with E-state index >= 15 is 0 Å². The molecule has 1 fully saturated rings. The third-order valence-corrected chi connectivity index (χ3v) is 2.59. The molecule has 1 aliphatic rings. The minimum absolute atomic E-state index is 0.147. The van der Waals surface area contributed by atoms with Gasteiger partial charge in [-0.15, -0.1) is 0 Å². The summed E-state index contributed by atoms with van der Waals surface area (Å²) in [4.78, 5) is 14.3. The molecule has 7 heteroatoms. The SMILES string of the molecule is N#Cc1cnc(NC2CCNC2)c([N+](=O)[O-])c1. The Hall–Kier alpha value is -2.20. The molecule has 17 heavy (non-hydrogen) atoms. The Kier molecular flexibility index (Phi) is 3.16. The Bertz CT molecular complexity index is 476. The predicted molar refractivity (Wildman–Crippen MR) is 60.5 cm³/mol. The minimum atomic E-state index is -0.529. The zero-order valence-corrected chi connectivity index (χ0v) is 9.01. The molecule has 1 saturated heterocycles. The van der Waals surface area contributed by atoms with Crippen molar-refractivity contribution in [3.63, 3.8) is 0 Å². The molecule has 88 valence electrons. The number of hydrogen-bond donors (Lipinski definition) is 2. The third-order valence-electron chi connectivity index (χ3n) is 2.59. The number of rotatable bonds is 3. The molecule has 0 bridgehead atoms. The van der Waals surface area contributed by atoms with E-state index in [9.17, 15) is 10.1 Å². The fourth-order valence-electron chi connectivity index (χ4n) is 1.74. The van der Waals surface area contributed by atoms with Gasteiger partial charge >= 0.3 is 5.69 Å². The predicted octanol–water partition coefficient (Wildman–Crippen LogP) is 0.635. The van der Waals surface area contributed by atoms with E-state index in [1.807, 2.05) is 6.07 Å². The first-order valence-electron chi connectivity index (χ1n) is 5.22. The first-order valence-corrected chi connectivity index (χ1v) is 5.22. The van der Waals surface area contributed by atoms with Crippen molar-refractivity contribution < 1.29 is 4.92 Å². The molecule has 0 aliphatic carbocycles. The number of anilines is 1. The van der Waals surface area contributed by atoms with Crippen LogP contribution in [0, 0.1) is 21.4 Å². The summed E-state index contributed by atoms with van der Waals surface area (Å²) in [6.45, 7) is 1.65. The first kappa shape index (κ1) is 11.3. The van der Waals surface area contributed by atoms with Gasteiger partial charge in [-0.25, -0.2) is 4.98 Å². The second-order valence-electron chi connectivity index (χ2n) is 3.79. The molecule has 1 aliphatic heterocycles. The molecular formula is C10H11N5O2. The Morgan fingerprint density at radius 2 is 2.53 bits per heavy atom. The molecule has 1 unspecified atom stereocenters. The lowest BCUT2D eigenvalue weighted by Crippen LogP contribution is -2.23. The number of hydrogen-bond acceptors (Lipinski definition) is 6. The quantitative estimate of drug-likeness (QED) is 0.586. The van der Waals surface area contributed by atoms with Crippen LogP contribution >= 0.6 is 0 Å². The number of nitriles is 1. The zero-order chi connectivity index (χ0) is 12.3. The van der Waals surface area contributed by atoms with Crippen LogP contribution in [-0.2, 0) is 0 Å². The van der Waals surface area contributed by atoms with E-state index in [4.69, 9.17) is 5.26 Å². The van der Waals surface area contributed by atoms with Crippen molar-refractivity contribution >= 4 is 11.5 Å². The molecule has 1 aromatic heterocycles. The van der Waals surface area contributed by atoms with Gasteiger partial charge < -0.3 is 10.6 Å². The molecule has 0 saturated carbocycles. The third kappa shape index (κ3) is 2.49. The highest BCUT2D eigenvalue weighted by atomic mass is 16.6. The van der Waals surface area contributed by atoms with E-state index in [1.54, 1.807) is 0 Å². The smallest absolute Gasteiger partial charge is 0.312 e. The second-order valence-corrected chi connectivity index (χ2v) is 3.79. The lowest BCUT2D eigenvalue weighted by molar-refractivity contribution is -0.384. The van der Waals surface area contributed by atoms with Crippen LogP contribution in [0.2, 0.25) is 0 Å². The van der Waals surface area contributed by atoms with Gasteiger partial charge in [-0.05, 0) is 13.0 Å². The fourth-order valence-corrected chi connectivity index (χ4v) is 1.74. The van der Waals surface area contributed by atoms with Crippen molar-refractivity contribution in [3.8, 4) is 6.07 Å². The maximum absolute atomic E-state index is 10.9. The molecule has 2 rings (SSSR count). The van der Waals surface area contributed by atoms with Gasteiger partial charge in [-0.1, -0.05) is 0 Å². The Morgan fingerprint density at radius 3 is 3.12 bits per heavy atom. The molecule has 2 heterocycles. The van der Waals surface area contributed by atoms with E-state index in [0.717, 1.165) is 19.5 Å². The van der Waals surface area contributed by atoms with Gasteiger partial charge in [0.15, 0.2) is 0 Å². The number of nitro groups is 1. The molecule has 0 aromatic carbocycles. The molecule has 0 spiro atoms. The zero-order valence-electron chi connectivity index (χ0n) is 9.01. The summed E-state index contributed by atoms with van der Waals surface area (Å²) in [6, 6.07) is 3.22. The standard InChI is InChI=1S/C10H11N5O2/c11-4-7-3-9(15(16)17)10(13-5-7)14-8-1-2-12-6-8/h3,5,8,12H,1-2,6H2,(H,13,14). The van der Waals surface area contributed by atoms with E-state index in [-0.39, 0.29) is 23.1 Å². The van der Waals surface area contributed by atoms with Crippen LogP contribution in [0.5, 0.6) is 0 Å². The highest BCUT2D eigenvalue weighted by Gasteiger charge is 2.21. The topological polar surface area (TPSA) is 104 Å². The van der Waals surface area contributed by atoms with Gasteiger partial charge in [0.1, 0.15) is 6.07 Å². The van der Waals surface area contributed by atoms with Crippen LogP contribution < -0.4 is 10.6 Å². The average Bonchev–Trinajstić information content (AvgIpc) is 2.82. The summed E-state index contributed by atoms with van der Waals surface area (Å²) in [5.41, 5.74) is 0.0303. The lowest BCUT2D eigenvalue weighted by atomic mass is 10.2. The summed E-state index contributed by atoms with van der Waals surface area (Å²) in [5.74, 6) is 0.225. The van der Waals surface area contributed by atoms with Crippen LogP contribution in [0.25, 0.3) is 0 Å². The van der Waals surface area contributed by atoms with Gasteiger partial charge in [0.2, 0.25) is 5.82 Å². The van der Waals surface area contributed by atoms with Crippen LogP contribution in [0.4, 0.5) is 11.5 Å². The molecule has 1 aromatic rings. The normalized spacial score (nSPS) is 18.6. The monoisotopic (exact) mass is 233 g/mol. The summed E-state index contributed by atoms with van der Waals surface area (Å²) < 4.78 is 0. The fraction of sp³-hybridized carbons (Fsp3) is 0.400. The van der Waals surface area contributed by atoms with Crippen LogP contribution in [0.3, 0.4) is 0 Å². The Balaban J connectivity index is 2.26. The minimum Gasteiger partial charge on any atom is -0.360 e. The Morgan fingerprint density at radius 1 is 1.71 bits per heavy atom. The molecule has 7 nitrogen and oxygen atoms in total. The number of pyridine rings is 1. The highest BCUT2D eigenvalue weighted by molar-refractivity contribution is 5.58. The largest absolute Gasteiger partial charge is 0.360 e. The van der Waals surface area contributed by atoms with Crippen LogP contribution in [0.1, 0.15) is 12.0 Å². The first-order chi connectivity index (χ1) is 8.20. The van der Waals surface area contributed by atoms with E-state index < -0.39 is 4.92 Å². The van der Waals surface area contributed by atoms with Crippen molar-refractivity contribution in [2.75, 3.05) is 18.4 Å². The van der Waals surface area contributed by atoms with Crippen molar-refractivity contribution in [1.82, 2.24) is 10.3 Å². The summed E-state index contributed by atoms with van der Waals surface area (Å²) >= 11 is 0. The van der Waals surface area contributed by atoms with E-state index in [2.05, 4.69) is 15.6 Å². The highest BCUT2D eigenvalue weighted by Crippen LogP contribution is 2.23. The Labute approximate surface area is 97.6 Å². The van der Waals surface area contributed by atoms with Crippen molar-refractivity contribution in [2.45, 2.75) is 12.5 Å². The number of nitrogens with zero attached hydrogens (tertiary/aromatic N) is 3.